The van der Waals surface area contributed by atoms with Crippen LogP contribution in [-0.4, -0.2) is 33.4 Å². The molecule has 0 unspecified atom stereocenters. The number of nitrogens with one attached hydrogen (secondary N) is 3. The van der Waals surface area contributed by atoms with Gasteiger partial charge in [0.1, 0.15) is 13.2 Å². The van der Waals surface area contributed by atoms with Gasteiger partial charge in [-0.3, -0.25) is 14.3 Å². The first-order valence-electron chi connectivity index (χ1n) is 10.6. The number of sulfonamides is 1. The maximum atomic E-state index is 13.1. The molecule has 2 aliphatic heterocycles. The average molecular weight is 480 g/mol. The molecule has 3 N–H and O–H groups in total. The van der Waals surface area contributed by atoms with E-state index in [9.17, 15) is 18.0 Å². The van der Waals surface area contributed by atoms with Gasteiger partial charge in [0.05, 0.1) is 16.1 Å². The van der Waals surface area contributed by atoms with E-state index < -0.39 is 15.9 Å². The molecule has 174 valence electrons. The number of carbonyl (C=O) groups is 2. The van der Waals surface area contributed by atoms with Crippen molar-refractivity contribution >= 4 is 38.9 Å². The van der Waals surface area contributed by atoms with Crippen molar-refractivity contribution in [3.05, 3.63) is 71.8 Å². The highest BCUT2D eigenvalue weighted by molar-refractivity contribution is 7.92. The van der Waals surface area contributed by atoms with Crippen molar-refractivity contribution in [2.45, 2.75) is 17.7 Å². The van der Waals surface area contributed by atoms with Gasteiger partial charge in [-0.2, -0.15) is 0 Å². The van der Waals surface area contributed by atoms with Crippen LogP contribution in [-0.2, 0) is 21.2 Å². The van der Waals surface area contributed by atoms with Crippen LogP contribution >= 0.6 is 0 Å². The number of carbonyl (C=O) groups excluding carboxylic acids is 2. The Morgan fingerprint density at radius 3 is 2.56 bits per heavy atom. The fraction of sp³-hybridized carbons (Fsp3) is 0.167. The number of benzene rings is 3. The van der Waals surface area contributed by atoms with E-state index >= 15 is 0 Å². The quantitative estimate of drug-likeness (QED) is 0.516. The van der Waals surface area contributed by atoms with E-state index in [0.717, 1.165) is 5.56 Å². The minimum atomic E-state index is -3.98. The maximum absolute atomic E-state index is 13.1. The summed E-state index contributed by atoms with van der Waals surface area (Å²) in [7, 11) is -3.98. The van der Waals surface area contributed by atoms with Crippen LogP contribution < -0.4 is 24.8 Å². The maximum Gasteiger partial charge on any atom is 0.261 e. The molecule has 0 spiro atoms. The smallest absolute Gasteiger partial charge is 0.261 e. The number of ether oxygens (including phenoxy) is 2. The molecule has 10 heteroatoms. The molecule has 3 aromatic rings. The Morgan fingerprint density at radius 2 is 1.71 bits per heavy atom. The third kappa shape index (κ3) is 4.40. The van der Waals surface area contributed by atoms with Crippen LogP contribution in [0.3, 0.4) is 0 Å². The number of hydrogen-bond acceptors (Lipinski definition) is 6. The molecule has 0 fully saturated rings. The number of anilines is 3. The van der Waals surface area contributed by atoms with Crippen LogP contribution in [0.4, 0.5) is 17.1 Å². The number of fused-ring (bicyclic) bond motifs is 2. The van der Waals surface area contributed by atoms with Gasteiger partial charge in [0.25, 0.3) is 15.9 Å². The van der Waals surface area contributed by atoms with Gasteiger partial charge in [-0.1, -0.05) is 12.1 Å². The summed E-state index contributed by atoms with van der Waals surface area (Å²) in [6, 6.07) is 15.9. The third-order valence-electron chi connectivity index (χ3n) is 5.50. The first kappa shape index (κ1) is 21.8. The van der Waals surface area contributed by atoms with Crippen molar-refractivity contribution in [1.29, 1.82) is 0 Å². The Kier molecular flexibility index (Phi) is 5.58. The van der Waals surface area contributed by atoms with Gasteiger partial charge >= 0.3 is 0 Å². The molecule has 0 aromatic heterocycles. The van der Waals surface area contributed by atoms with E-state index in [4.69, 9.17) is 9.47 Å². The molecule has 0 atom stereocenters. The predicted molar refractivity (Wildman–Crippen MR) is 126 cm³/mol. The lowest BCUT2D eigenvalue weighted by molar-refractivity contribution is -0.116. The molecule has 0 bridgehead atoms. The van der Waals surface area contributed by atoms with Gasteiger partial charge in [0.2, 0.25) is 5.91 Å². The topological polar surface area (TPSA) is 123 Å². The Morgan fingerprint density at radius 1 is 0.912 bits per heavy atom. The van der Waals surface area contributed by atoms with E-state index in [1.54, 1.807) is 36.4 Å². The number of para-hydroxylation sites is 1. The van der Waals surface area contributed by atoms with Gasteiger partial charge in [0, 0.05) is 23.9 Å². The lowest BCUT2D eigenvalue weighted by Gasteiger charge is -2.19. The van der Waals surface area contributed by atoms with Gasteiger partial charge in [-0.05, 0) is 54.4 Å². The fourth-order valence-electron chi connectivity index (χ4n) is 3.82. The fourth-order valence-corrected chi connectivity index (χ4v) is 4.95. The van der Waals surface area contributed by atoms with Crippen LogP contribution in [0.2, 0.25) is 0 Å². The Bertz CT molecular complexity index is 1400. The van der Waals surface area contributed by atoms with Crippen molar-refractivity contribution in [3.63, 3.8) is 0 Å². The summed E-state index contributed by atoms with van der Waals surface area (Å²) < 4.78 is 39.7. The summed E-state index contributed by atoms with van der Waals surface area (Å²) in [6.45, 7) is 0.884. The molecule has 2 heterocycles. The van der Waals surface area contributed by atoms with Crippen LogP contribution in [0.15, 0.2) is 65.6 Å². The summed E-state index contributed by atoms with van der Waals surface area (Å²) in [6.07, 6.45) is 0.756. The van der Waals surface area contributed by atoms with E-state index in [-0.39, 0.29) is 22.1 Å². The van der Waals surface area contributed by atoms with E-state index in [0.29, 0.717) is 48.9 Å². The van der Waals surface area contributed by atoms with E-state index in [1.165, 1.54) is 24.3 Å². The van der Waals surface area contributed by atoms with Crippen LogP contribution in [0.5, 0.6) is 11.5 Å². The lowest BCUT2D eigenvalue weighted by atomic mass is 10.0. The number of amides is 2. The normalized spacial score (nSPS) is 14.5. The third-order valence-corrected chi connectivity index (χ3v) is 6.86. The van der Waals surface area contributed by atoms with Gasteiger partial charge in [-0.15, -0.1) is 0 Å². The van der Waals surface area contributed by atoms with Crippen LogP contribution in [0.25, 0.3) is 0 Å². The zero-order valence-corrected chi connectivity index (χ0v) is 18.8. The molecule has 2 aliphatic rings. The number of rotatable bonds is 5. The van der Waals surface area contributed by atoms with E-state index in [2.05, 4.69) is 15.4 Å². The highest BCUT2D eigenvalue weighted by Crippen LogP contribution is 2.33. The molecule has 3 aromatic carbocycles. The van der Waals surface area contributed by atoms with Gasteiger partial charge in [-0.25, -0.2) is 8.42 Å². The summed E-state index contributed by atoms with van der Waals surface area (Å²) >= 11 is 0. The molecule has 0 saturated heterocycles. The van der Waals surface area contributed by atoms with Crippen LogP contribution in [0.1, 0.15) is 22.3 Å². The predicted octanol–water partition coefficient (Wildman–Crippen LogP) is 3.40. The first-order chi connectivity index (χ1) is 16.4. The van der Waals surface area contributed by atoms with Gasteiger partial charge < -0.3 is 20.1 Å². The Balaban J connectivity index is 1.37. The number of hydrogen-bond donors (Lipinski definition) is 3. The second-order valence-electron chi connectivity index (χ2n) is 7.83. The van der Waals surface area contributed by atoms with Crippen molar-refractivity contribution < 1.29 is 27.5 Å². The zero-order valence-electron chi connectivity index (χ0n) is 18.0. The zero-order chi connectivity index (χ0) is 23.7. The summed E-state index contributed by atoms with van der Waals surface area (Å²) in [4.78, 5) is 24.6. The largest absolute Gasteiger partial charge is 0.486 e. The molecule has 0 aliphatic carbocycles. The van der Waals surface area contributed by atoms with Crippen molar-refractivity contribution in [3.8, 4) is 11.5 Å². The molecular formula is C24H21N3O6S. The summed E-state index contributed by atoms with van der Waals surface area (Å²) in [5, 5.41) is 5.50. The van der Waals surface area contributed by atoms with E-state index in [1.807, 2.05) is 0 Å². The minimum absolute atomic E-state index is 0.0458. The monoisotopic (exact) mass is 479 g/mol. The molecule has 0 saturated carbocycles. The number of aryl methyl sites for hydroxylation is 1. The highest BCUT2D eigenvalue weighted by Gasteiger charge is 2.22. The first-order valence-corrected chi connectivity index (χ1v) is 12.1. The lowest BCUT2D eigenvalue weighted by Crippen LogP contribution is -2.21. The molecule has 34 heavy (non-hydrogen) atoms. The molecule has 9 nitrogen and oxygen atoms in total. The van der Waals surface area contributed by atoms with Crippen molar-refractivity contribution in [2.75, 3.05) is 28.6 Å². The van der Waals surface area contributed by atoms with Crippen molar-refractivity contribution in [1.82, 2.24) is 0 Å². The summed E-state index contributed by atoms with van der Waals surface area (Å²) in [5.74, 6) is 0.547. The highest BCUT2D eigenvalue weighted by atomic mass is 32.2. The molecular weight excluding hydrogens is 458 g/mol. The minimum Gasteiger partial charge on any atom is -0.486 e. The summed E-state index contributed by atoms with van der Waals surface area (Å²) in [5.41, 5.74) is 2.14. The van der Waals surface area contributed by atoms with Gasteiger partial charge in [0.15, 0.2) is 11.5 Å². The van der Waals surface area contributed by atoms with Crippen molar-refractivity contribution in [2.24, 2.45) is 0 Å². The molecule has 0 radical (unpaired) electrons. The SMILES string of the molecule is O=C1CCc2cc(S(=O)(=O)Nc3ccccc3C(=O)Nc3ccc4c(c3)OCCO4)ccc2N1. The Labute approximate surface area is 196 Å². The second kappa shape index (κ2) is 8.71. The van der Waals surface area contributed by atoms with Crippen LogP contribution in [0, 0.1) is 0 Å². The molecule has 5 rings (SSSR count). The standard InChI is InChI=1S/C24H21N3O6S/c28-23-10-5-15-13-17(7-8-19(15)26-23)34(30,31)27-20-4-2-1-3-18(20)24(29)25-16-6-9-21-22(14-16)33-12-11-32-21/h1-4,6-9,13-14,27H,5,10-12H2,(H,25,29)(H,26,28). The Hall–Kier alpha value is -4.05. The second-order valence-corrected chi connectivity index (χ2v) is 9.51. The molecule has 2 amide bonds. The average Bonchev–Trinajstić information content (AvgIpc) is 2.83.